The molecule has 2 aromatic carbocycles. The van der Waals surface area contributed by atoms with Crippen LogP contribution in [0.1, 0.15) is 31.2 Å². The Kier molecular flexibility index (Phi) is 6.65. The van der Waals surface area contributed by atoms with E-state index in [0.29, 0.717) is 39.7 Å². The minimum Gasteiger partial charge on any atom is -0.462 e. The molecule has 3 saturated heterocycles. The molecule has 4 aromatic rings. The molecule has 42 heavy (non-hydrogen) atoms. The molecule has 5 heterocycles. The quantitative estimate of drug-likeness (QED) is 0.327. The Hall–Kier alpha value is -3.64. The fourth-order valence-corrected chi connectivity index (χ4v) is 6.70. The number of alkyl halides is 3. The third kappa shape index (κ3) is 5.00. The van der Waals surface area contributed by atoms with Crippen molar-refractivity contribution in [2.24, 2.45) is 5.41 Å². The van der Waals surface area contributed by atoms with Crippen molar-refractivity contribution in [3.8, 4) is 22.9 Å². The first-order valence-corrected chi connectivity index (χ1v) is 14.5. The summed E-state index contributed by atoms with van der Waals surface area (Å²) in [5.41, 5.74) is 3.20. The fourth-order valence-electron chi connectivity index (χ4n) is 6.70. The Balaban J connectivity index is 1.37. The van der Waals surface area contributed by atoms with Gasteiger partial charge in [0.05, 0.1) is 17.2 Å². The van der Waals surface area contributed by atoms with Crippen LogP contribution in [0.4, 0.5) is 19.0 Å². The lowest BCUT2D eigenvalue weighted by Crippen LogP contribution is -2.58. The van der Waals surface area contributed by atoms with Crippen LogP contribution in [0.5, 0.6) is 11.8 Å². The van der Waals surface area contributed by atoms with Crippen molar-refractivity contribution in [3.63, 3.8) is 0 Å². The lowest BCUT2D eigenvalue weighted by molar-refractivity contribution is -0.274. The second-order valence-corrected chi connectivity index (χ2v) is 12.0. The minimum atomic E-state index is -4.88. The summed E-state index contributed by atoms with van der Waals surface area (Å²) < 4.78 is 52.3. The molecular formula is C30H34F3N7O2. The largest absolute Gasteiger partial charge is 0.573 e. The zero-order valence-corrected chi connectivity index (χ0v) is 23.7. The number of hydrogen-bond acceptors (Lipinski definition) is 8. The summed E-state index contributed by atoms with van der Waals surface area (Å²) in [4.78, 5) is 14.0. The number of aryl methyl sites for hydroxylation is 1. The Labute approximate surface area is 241 Å². The molecule has 12 heteroatoms. The molecule has 2 aromatic heterocycles. The molecule has 0 bridgehead atoms. The van der Waals surface area contributed by atoms with Gasteiger partial charge in [0.15, 0.2) is 0 Å². The zero-order valence-electron chi connectivity index (χ0n) is 23.7. The molecular weight excluding hydrogens is 547 g/mol. The molecule has 3 fully saturated rings. The average molecular weight is 582 g/mol. The van der Waals surface area contributed by atoms with Crippen molar-refractivity contribution in [2.45, 2.75) is 45.0 Å². The molecule has 7 rings (SSSR count). The van der Waals surface area contributed by atoms with E-state index in [4.69, 9.17) is 14.7 Å². The third-order valence-electron chi connectivity index (χ3n) is 9.28. The number of halogens is 3. The van der Waals surface area contributed by atoms with Gasteiger partial charge < -0.3 is 24.6 Å². The van der Waals surface area contributed by atoms with Crippen LogP contribution in [0.15, 0.2) is 30.5 Å². The van der Waals surface area contributed by atoms with Gasteiger partial charge in [0, 0.05) is 48.6 Å². The zero-order chi connectivity index (χ0) is 29.1. The van der Waals surface area contributed by atoms with Crippen LogP contribution >= 0.6 is 0 Å². The van der Waals surface area contributed by atoms with Crippen LogP contribution in [0.25, 0.3) is 32.9 Å². The summed E-state index contributed by atoms with van der Waals surface area (Å²) in [5.74, 6) is 0.281. The number of benzene rings is 2. The predicted molar refractivity (Wildman–Crippen MR) is 154 cm³/mol. The van der Waals surface area contributed by atoms with Crippen LogP contribution < -0.4 is 19.7 Å². The van der Waals surface area contributed by atoms with Crippen LogP contribution in [0.2, 0.25) is 0 Å². The van der Waals surface area contributed by atoms with Gasteiger partial charge in [0.2, 0.25) is 0 Å². The molecule has 2 N–H and O–H groups in total. The highest BCUT2D eigenvalue weighted by atomic mass is 19.4. The van der Waals surface area contributed by atoms with Crippen LogP contribution in [-0.4, -0.2) is 83.8 Å². The van der Waals surface area contributed by atoms with E-state index >= 15 is 0 Å². The highest BCUT2D eigenvalue weighted by Gasteiger charge is 2.40. The van der Waals surface area contributed by atoms with E-state index in [-0.39, 0.29) is 23.4 Å². The first kappa shape index (κ1) is 27.2. The van der Waals surface area contributed by atoms with Gasteiger partial charge in [-0.2, -0.15) is 15.1 Å². The fraction of sp³-hybridized carbons (Fsp3) is 0.500. The number of ether oxygens (including phenoxy) is 2. The van der Waals surface area contributed by atoms with Gasteiger partial charge in [0.25, 0.3) is 0 Å². The predicted octanol–water partition coefficient (Wildman–Crippen LogP) is 5.04. The van der Waals surface area contributed by atoms with E-state index in [1.165, 1.54) is 6.07 Å². The van der Waals surface area contributed by atoms with Gasteiger partial charge in [0.1, 0.15) is 18.2 Å². The number of likely N-dealkylation sites (tertiary alicyclic amines) is 1. The first-order valence-electron chi connectivity index (χ1n) is 14.5. The number of H-pyrrole nitrogens is 1. The molecule has 1 atom stereocenters. The maximum atomic E-state index is 13.8. The second-order valence-electron chi connectivity index (χ2n) is 12.0. The van der Waals surface area contributed by atoms with Gasteiger partial charge in [-0.15, -0.1) is 13.2 Å². The summed E-state index contributed by atoms with van der Waals surface area (Å²) in [5, 5.41) is 11.6. The number of nitrogens with one attached hydrogen (secondary N) is 2. The maximum Gasteiger partial charge on any atom is 0.573 e. The van der Waals surface area contributed by atoms with Crippen LogP contribution in [-0.2, 0) is 0 Å². The lowest BCUT2D eigenvalue weighted by Gasteiger charge is -2.48. The second kappa shape index (κ2) is 10.3. The Bertz CT molecular complexity index is 1620. The van der Waals surface area contributed by atoms with Crippen molar-refractivity contribution in [2.75, 3.05) is 51.3 Å². The summed E-state index contributed by atoms with van der Waals surface area (Å²) >= 11 is 0. The molecule has 9 nitrogen and oxygen atoms in total. The smallest absolute Gasteiger partial charge is 0.462 e. The SMILES string of the molecule is Cc1ccc2[nH]ncc2c1-c1cc2nc(OC[C@@H]3CCCN3C)nc(N3CCC4(CC3)CNC4)c2cc1OC(F)(F)F. The van der Waals surface area contributed by atoms with Gasteiger partial charge >= 0.3 is 12.4 Å². The van der Waals surface area contributed by atoms with E-state index in [9.17, 15) is 13.2 Å². The van der Waals surface area contributed by atoms with Crippen molar-refractivity contribution < 1.29 is 22.6 Å². The van der Waals surface area contributed by atoms with Gasteiger partial charge in [-0.3, -0.25) is 5.10 Å². The van der Waals surface area contributed by atoms with Crippen molar-refractivity contribution in [3.05, 3.63) is 36.0 Å². The monoisotopic (exact) mass is 581 g/mol. The number of aromatic amines is 1. The molecule has 0 aliphatic carbocycles. The number of likely N-dealkylation sites (N-methyl/N-ethyl adjacent to an activating group) is 1. The summed E-state index contributed by atoms with van der Waals surface area (Å²) in [6.07, 6.45) is 0.863. The number of fused-ring (bicyclic) bond motifs is 2. The standard InChI is InChI=1S/C30H34F3N7O2/c1-18-5-6-23-22(14-35-38-23)26(18)21-12-24-20(13-25(21)42-30(31,32)33)27(40-10-7-29(8-11-40)16-34-17-29)37-28(36-24)41-15-19-4-3-9-39(19)2/h5-6,12-14,19,34H,3-4,7-11,15-17H2,1-2H3,(H,35,38)/t19-/m0/s1. The molecule has 3 aliphatic heterocycles. The van der Waals surface area contributed by atoms with E-state index in [1.807, 2.05) is 19.1 Å². The Morgan fingerprint density at radius 3 is 2.57 bits per heavy atom. The number of piperidine rings is 1. The number of aromatic nitrogens is 4. The average Bonchev–Trinajstić information content (AvgIpc) is 3.58. The van der Waals surface area contributed by atoms with Gasteiger partial charge in [-0.1, -0.05) is 6.07 Å². The number of nitrogens with zero attached hydrogens (tertiary/aromatic N) is 5. The molecule has 0 radical (unpaired) electrons. The molecule has 3 aliphatic rings. The first-order chi connectivity index (χ1) is 20.2. The topological polar surface area (TPSA) is 91.4 Å². The van der Waals surface area contributed by atoms with Crippen LogP contribution in [0, 0.1) is 12.3 Å². The molecule has 1 spiro atoms. The molecule has 222 valence electrons. The summed E-state index contributed by atoms with van der Waals surface area (Å²) in [7, 11) is 2.08. The minimum absolute atomic E-state index is 0.233. The number of anilines is 1. The Morgan fingerprint density at radius 1 is 1.07 bits per heavy atom. The van der Waals surface area contributed by atoms with Crippen LogP contribution in [0.3, 0.4) is 0 Å². The maximum absolute atomic E-state index is 13.8. The van der Waals surface area contributed by atoms with E-state index in [1.54, 1.807) is 12.3 Å². The van der Waals surface area contributed by atoms with Gasteiger partial charge in [-0.05, 0) is 80.9 Å². The third-order valence-corrected chi connectivity index (χ3v) is 9.28. The molecule has 0 amide bonds. The summed E-state index contributed by atoms with van der Waals surface area (Å²) in [6, 6.07) is 7.33. The number of hydrogen-bond donors (Lipinski definition) is 2. The van der Waals surface area contributed by atoms with Crippen molar-refractivity contribution >= 4 is 27.6 Å². The van der Waals surface area contributed by atoms with Gasteiger partial charge in [-0.25, -0.2) is 0 Å². The molecule has 0 saturated carbocycles. The summed E-state index contributed by atoms with van der Waals surface area (Å²) in [6.45, 7) is 6.84. The highest BCUT2D eigenvalue weighted by molar-refractivity contribution is 6.02. The normalized spacial score (nSPS) is 20.9. The lowest BCUT2D eigenvalue weighted by atomic mass is 9.73. The van der Waals surface area contributed by atoms with E-state index in [0.717, 1.165) is 69.5 Å². The molecule has 0 unspecified atom stereocenters. The highest BCUT2D eigenvalue weighted by Crippen LogP contribution is 2.44. The van der Waals surface area contributed by atoms with Crippen molar-refractivity contribution in [1.82, 2.24) is 30.4 Å². The number of rotatable bonds is 6. The van der Waals surface area contributed by atoms with E-state index in [2.05, 4.69) is 37.1 Å². The van der Waals surface area contributed by atoms with Crippen molar-refractivity contribution in [1.29, 1.82) is 0 Å². The Morgan fingerprint density at radius 2 is 1.88 bits per heavy atom. The van der Waals surface area contributed by atoms with E-state index < -0.39 is 6.36 Å².